The lowest BCUT2D eigenvalue weighted by atomic mass is 10.4. The largest absolute Gasteiger partial charge is 0.312 e. The Morgan fingerprint density at radius 1 is 1.82 bits per heavy atom. The Kier molecular flexibility index (Phi) is 2.23. The molecule has 1 aliphatic rings. The molecule has 0 aromatic carbocycles. The molecule has 11 heavy (non-hydrogen) atoms. The molecule has 0 fully saturated rings. The van der Waals surface area contributed by atoms with Gasteiger partial charge in [-0.15, -0.1) is 0 Å². The molecular formula is C5H6BrN3O2. The van der Waals surface area contributed by atoms with E-state index in [-0.39, 0.29) is 11.8 Å². The van der Waals surface area contributed by atoms with Crippen LogP contribution in [0.1, 0.15) is 6.92 Å². The van der Waals surface area contributed by atoms with Gasteiger partial charge < -0.3 is 5.32 Å². The number of alkyl halides is 1. The van der Waals surface area contributed by atoms with Crippen molar-refractivity contribution in [1.82, 2.24) is 10.7 Å². The van der Waals surface area contributed by atoms with Crippen LogP contribution < -0.4 is 10.7 Å². The van der Waals surface area contributed by atoms with Gasteiger partial charge in [-0.2, -0.15) is 5.10 Å². The second-order valence-electron chi connectivity index (χ2n) is 2.02. The summed E-state index contributed by atoms with van der Waals surface area (Å²) in [7, 11) is 0. The molecule has 0 radical (unpaired) electrons. The van der Waals surface area contributed by atoms with Crippen LogP contribution in [0.15, 0.2) is 5.10 Å². The molecule has 0 aromatic heterocycles. The Hall–Kier alpha value is -0.910. The minimum Gasteiger partial charge on any atom is -0.312 e. The number of rotatable bonds is 0. The first kappa shape index (κ1) is 8.19. The van der Waals surface area contributed by atoms with Crippen LogP contribution in [0.25, 0.3) is 0 Å². The molecule has 0 spiro atoms. The lowest BCUT2D eigenvalue weighted by Gasteiger charge is -2.00. The van der Waals surface area contributed by atoms with E-state index in [9.17, 15) is 9.59 Å². The summed E-state index contributed by atoms with van der Waals surface area (Å²) in [5.41, 5.74) is 2.21. The van der Waals surface area contributed by atoms with Crippen molar-refractivity contribution < 1.29 is 9.59 Å². The molecule has 1 heterocycles. The number of amidine groups is 1. The average molecular weight is 220 g/mol. The van der Waals surface area contributed by atoms with E-state index in [1.54, 1.807) is 0 Å². The van der Waals surface area contributed by atoms with Crippen LogP contribution >= 0.6 is 15.9 Å². The number of nitrogens with one attached hydrogen (secondary N) is 2. The zero-order valence-corrected chi connectivity index (χ0v) is 7.31. The number of hydrazone groups is 1. The van der Waals surface area contributed by atoms with Gasteiger partial charge in [0, 0.05) is 6.92 Å². The number of amides is 2. The standard InChI is InChI=1S/C5H6BrN3O2/c1-2(10)7-4-3(6)5(11)9-8-4/h3H,1H3,(H,9,11)(H,7,8,10). The van der Waals surface area contributed by atoms with E-state index in [1.165, 1.54) is 6.92 Å². The molecule has 6 heteroatoms. The molecule has 0 saturated heterocycles. The maximum absolute atomic E-state index is 10.7. The quantitative estimate of drug-likeness (QED) is 0.531. The molecule has 2 N–H and O–H groups in total. The predicted molar refractivity (Wildman–Crippen MR) is 42.1 cm³/mol. The van der Waals surface area contributed by atoms with Gasteiger partial charge >= 0.3 is 0 Å². The first-order chi connectivity index (χ1) is 5.11. The number of hydrogen-bond acceptors (Lipinski definition) is 3. The summed E-state index contributed by atoms with van der Waals surface area (Å²) in [6.45, 7) is 1.35. The molecule has 1 aliphatic heterocycles. The second kappa shape index (κ2) is 3.00. The van der Waals surface area contributed by atoms with Gasteiger partial charge in [0.25, 0.3) is 5.91 Å². The molecule has 0 aromatic rings. The third kappa shape index (κ3) is 1.76. The fourth-order valence-corrected chi connectivity index (χ4v) is 0.944. The highest BCUT2D eigenvalue weighted by Gasteiger charge is 2.27. The summed E-state index contributed by atoms with van der Waals surface area (Å²) in [5.74, 6) is -0.207. The Bertz CT molecular complexity index is 238. The molecule has 1 rings (SSSR count). The van der Waals surface area contributed by atoms with Crippen molar-refractivity contribution in [1.29, 1.82) is 0 Å². The lowest BCUT2D eigenvalue weighted by molar-refractivity contribution is -0.118. The van der Waals surface area contributed by atoms with Gasteiger partial charge in [0.1, 0.15) is 0 Å². The third-order valence-electron chi connectivity index (χ3n) is 1.06. The Morgan fingerprint density at radius 3 is 2.82 bits per heavy atom. The van der Waals surface area contributed by atoms with Gasteiger partial charge in [-0.1, -0.05) is 15.9 Å². The average Bonchev–Trinajstić information content (AvgIpc) is 2.18. The second-order valence-corrected chi connectivity index (χ2v) is 2.93. The SMILES string of the molecule is CC(=O)NC1=NNC(=O)C1Br. The van der Waals surface area contributed by atoms with Crippen molar-refractivity contribution in [3.8, 4) is 0 Å². The highest BCUT2D eigenvalue weighted by molar-refractivity contribution is 9.10. The minimum atomic E-state index is -0.536. The van der Waals surface area contributed by atoms with Crippen LogP contribution in [0.2, 0.25) is 0 Å². The van der Waals surface area contributed by atoms with Crippen molar-refractivity contribution in [2.75, 3.05) is 0 Å². The van der Waals surface area contributed by atoms with Gasteiger partial charge in [0.2, 0.25) is 5.91 Å². The highest BCUT2D eigenvalue weighted by Crippen LogP contribution is 2.05. The summed E-state index contributed by atoms with van der Waals surface area (Å²) in [6.07, 6.45) is 0. The summed E-state index contributed by atoms with van der Waals surface area (Å²) in [6, 6.07) is 0. The molecule has 0 saturated carbocycles. The van der Waals surface area contributed by atoms with Gasteiger partial charge in [0.05, 0.1) is 0 Å². The maximum Gasteiger partial charge on any atom is 0.261 e. The van der Waals surface area contributed by atoms with E-state index < -0.39 is 4.83 Å². The van der Waals surface area contributed by atoms with Crippen LogP contribution in [-0.2, 0) is 9.59 Å². The zero-order valence-electron chi connectivity index (χ0n) is 5.72. The van der Waals surface area contributed by atoms with Crippen LogP contribution in [0.4, 0.5) is 0 Å². The van der Waals surface area contributed by atoms with Gasteiger partial charge in [-0.05, 0) is 0 Å². The van der Waals surface area contributed by atoms with E-state index in [0.717, 1.165) is 0 Å². The summed E-state index contributed by atoms with van der Waals surface area (Å²) >= 11 is 3.04. The summed E-state index contributed by atoms with van der Waals surface area (Å²) in [5, 5.41) is 5.98. The molecule has 2 amide bonds. The molecule has 1 unspecified atom stereocenters. The molecule has 0 aliphatic carbocycles. The number of nitrogens with zero attached hydrogens (tertiary/aromatic N) is 1. The van der Waals surface area contributed by atoms with Crippen LogP contribution in [0, 0.1) is 0 Å². The van der Waals surface area contributed by atoms with Crippen LogP contribution in [0.3, 0.4) is 0 Å². The van der Waals surface area contributed by atoms with E-state index in [1.807, 2.05) is 0 Å². The number of halogens is 1. The maximum atomic E-state index is 10.7. The molecule has 0 bridgehead atoms. The number of carbonyl (C=O) groups excluding carboxylic acids is 2. The molecule has 60 valence electrons. The summed E-state index contributed by atoms with van der Waals surface area (Å²) in [4.78, 5) is 20.7. The first-order valence-electron chi connectivity index (χ1n) is 2.90. The number of carbonyl (C=O) groups is 2. The van der Waals surface area contributed by atoms with Crippen molar-refractivity contribution in [3.05, 3.63) is 0 Å². The van der Waals surface area contributed by atoms with Gasteiger partial charge in [-0.3, -0.25) is 9.59 Å². The highest BCUT2D eigenvalue weighted by atomic mass is 79.9. The topological polar surface area (TPSA) is 70.6 Å². The summed E-state index contributed by atoms with van der Waals surface area (Å²) < 4.78 is 0. The molecule has 5 nitrogen and oxygen atoms in total. The molecule has 1 atom stereocenters. The van der Waals surface area contributed by atoms with Crippen LogP contribution in [0.5, 0.6) is 0 Å². The van der Waals surface area contributed by atoms with Crippen molar-refractivity contribution in [2.24, 2.45) is 5.10 Å². The Morgan fingerprint density at radius 2 is 2.45 bits per heavy atom. The monoisotopic (exact) mass is 219 g/mol. The van der Waals surface area contributed by atoms with E-state index in [0.29, 0.717) is 5.84 Å². The fraction of sp³-hybridized carbons (Fsp3) is 0.400. The van der Waals surface area contributed by atoms with Crippen molar-refractivity contribution in [2.45, 2.75) is 11.8 Å². The zero-order chi connectivity index (χ0) is 8.43. The Balaban J connectivity index is 2.61. The fourth-order valence-electron chi connectivity index (χ4n) is 0.625. The third-order valence-corrected chi connectivity index (χ3v) is 1.91. The lowest BCUT2D eigenvalue weighted by Crippen LogP contribution is -2.35. The first-order valence-corrected chi connectivity index (χ1v) is 3.82. The predicted octanol–water partition coefficient (Wildman–Crippen LogP) is -0.671. The van der Waals surface area contributed by atoms with Gasteiger partial charge in [-0.25, -0.2) is 5.43 Å². The van der Waals surface area contributed by atoms with Crippen molar-refractivity contribution in [3.63, 3.8) is 0 Å². The normalized spacial score (nSPS) is 22.5. The van der Waals surface area contributed by atoms with Gasteiger partial charge in [0.15, 0.2) is 10.7 Å². The van der Waals surface area contributed by atoms with E-state index in [2.05, 4.69) is 31.8 Å². The van der Waals surface area contributed by atoms with Crippen LogP contribution in [-0.4, -0.2) is 22.5 Å². The minimum absolute atomic E-state index is 0.246. The van der Waals surface area contributed by atoms with E-state index >= 15 is 0 Å². The smallest absolute Gasteiger partial charge is 0.261 e. The molecular weight excluding hydrogens is 214 g/mol. The van der Waals surface area contributed by atoms with Crippen molar-refractivity contribution >= 4 is 33.6 Å². The number of hydrogen-bond donors (Lipinski definition) is 2. The Labute approximate surface area is 71.3 Å². The van der Waals surface area contributed by atoms with E-state index in [4.69, 9.17) is 0 Å².